The number of methoxy groups -OCH3 is 1. The first kappa shape index (κ1) is 13.4. The fraction of sp³-hybridized carbons (Fsp3) is 0.286. The highest BCUT2D eigenvalue weighted by atomic mass is 32.1. The van der Waals surface area contributed by atoms with E-state index in [1.54, 1.807) is 36.6 Å². The lowest BCUT2D eigenvalue weighted by molar-refractivity contribution is 0.415. The van der Waals surface area contributed by atoms with Crippen LogP contribution >= 0.6 is 11.3 Å². The van der Waals surface area contributed by atoms with Crippen LogP contribution in [0.25, 0.3) is 0 Å². The molecule has 1 aromatic carbocycles. The minimum absolute atomic E-state index is 0.576. The fourth-order valence-corrected chi connectivity index (χ4v) is 2.69. The number of ether oxygens (including phenoxy) is 1. The van der Waals surface area contributed by atoms with Crippen molar-refractivity contribution in [2.45, 2.75) is 20.3 Å². The second kappa shape index (κ2) is 5.72. The molecule has 4 nitrogen and oxygen atoms in total. The van der Waals surface area contributed by atoms with Crippen LogP contribution < -0.4 is 10.1 Å². The minimum Gasteiger partial charge on any atom is -0.497 e. The summed E-state index contributed by atoms with van der Waals surface area (Å²) in [4.78, 5) is 5.71. The first-order valence-corrected chi connectivity index (χ1v) is 6.81. The van der Waals surface area contributed by atoms with E-state index < -0.39 is 0 Å². The average Bonchev–Trinajstić information content (AvgIpc) is 2.78. The van der Waals surface area contributed by atoms with E-state index in [2.05, 4.69) is 30.2 Å². The molecule has 5 heteroatoms. The van der Waals surface area contributed by atoms with Crippen LogP contribution in [-0.4, -0.2) is 12.1 Å². The summed E-state index contributed by atoms with van der Waals surface area (Å²) in [6, 6.07) is 7.48. The Bertz CT molecular complexity index is 628. The molecule has 1 aromatic heterocycles. The molecule has 2 aromatic rings. The molecule has 0 aliphatic heterocycles. The van der Waals surface area contributed by atoms with Crippen molar-refractivity contribution in [3.63, 3.8) is 0 Å². The third kappa shape index (κ3) is 2.85. The molecule has 98 valence electrons. The molecular weight excluding hydrogens is 258 g/mol. The number of nitrogens with one attached hydrogen (secondary N) is 1. The van der Waals surface area contributed by atoms with Gasteiger partial charge in [0.2, 0.25) is 0 Å². The van der Waals surface area contributed by atoms with Crippen molar-refractivity contribution in [3.8, 4) is 11.8 Å². The van der Waals surface area contributed by atoms with Gasteiger partial charge in [0.15, 0.2) is 5.13 Å². The Hall–Kier alpha value is -2.06. The number of aryl methyl sites for hydroxylation is 2. The van der Waals surface area contributed by atoms with Crippen LogP contribution in [-0.2, 0) is 6.42 Å². The van der Waals surface area contributed by atoms with E-state index in [0.29, 0.717) is 11.3 Å². The predicted octanol–water partition coefficient (Wildman–Crippen LogP) is 3.64. The quantitative estimate of drug-likeness (QED) is 0.924. The summed E-state index contributed by atoms with van der Waals surface area (Å²) in [6.07, 6.45) is 0.910. The Morgan fingerprint density at radius 2 is 2.26 bits per heavy atom. The first-order valence-electron chi connectivity index (χ1n) is 5.99. The second-order valence-corrected chi connectivity index (χ2v) is 5.23. The van der Waals surface area contributed by atoms with Gasteiger partial charge in [0, 0.05) is 10.9 Å². The van der Waals surface area contributed by atoms with Crippen LogP contribution in [0.2, 0.25) is 0 Å². The molecule has 0 spiro atoms. The average molecular weight is 273 g/mol. The van der Waals surface area contributed by atoms with E-state index in [0.717, 1.165) is 22.9 Å². The molecule has 0 unspecified atom stereocenters. The Labute approximate surface area is 116 Å². The summed E-state index contributed by atoms with van der Waals surface area (Å²) in [5, 5.41) is 13.1. The van der Waals surface area contributed by atoms with Crippen molar-refractivity contribution in [3.05, 3.63) is 34.3 Å². The highest BCUT2D eigenvalue weighted by molar-refractivity contribution is 7.15. The summed E-state index contributed by atoms with van der Waals surface area (Å²) < 4.78 is 5.18. The number of rotatable bonds is 4. The molecule has 0 fully saturated rings. The van der Waals surface area contributed by atoms with Gasteiger partial charge in [-0.3, -0.25) is 0 Å². The molecular formula is C14H15N3OS. The number of hydrogen-bond donors (Lipinski definition) is 1. The Balaban J connectivity index is 2.33. The Kier molecular flexibility index (Phi) is 4.03. The maximum Gasteiger partial charge on any atom is 0.187 e. The van der Waals surface area contributed by atoms with Crippen molar-refractivity contribution in [2.24, 2.45) is 0 Å². The van der Waals surface area contributed by atoms with Crippen LogP contribution in [0, 0.1) is 18.3 Å². The number of hydrogen-bond acceptors (Lipinski definition) is 5. The zero-order valence-electron chi connectivity index (χ0n) is 11.2. The highest BCUT2D eigenvalue weighted by Gasteiger charge is 2.09. The molecule has 0 aliphatic rings. The first-order chi connectivity index (χ1) is 9.17. The normalized spacial score (nSPS) is 10.0. The summed E-state index contributed by atoms with van der Waals surface area (Å²) in [7, 11) is 1.61. The van der Waals surface area contributed by atoms with Crippen LogP contribution in [0.5, 0.6) is 5.75 Å². The number of thiazole rings is 1. The van der Waals surface area contributed by atoms with E-state index in [9.17, 15) is 0 Å². The number of anilines is 2. The van der Waals surface area contributed by atoms with Gasteiger partial charge < -0.3 is 10.1 Å². The minimum atomic E-state index is 0.576. The van der Waals surface area contributed by atoms with Gasteiger partial charge in [0.25, 0.3) is 0 Å². The number of nitrogens with zero attached hydrogens (tertiary/aromatic N) is 2. The number of nitriles is 1. The second-order valence-electron chi connectivity index (χ2n) is 4.02. The summed E-state index contributed by atoms with van der Waals surface area (Å²) in [6.45, 7) is 4.14. The maximum absolute atomic E-state index is 9.12. The van der Waals surface area contributed by atoms with E-state index in [1.807, 2.05) is 0 Å². The van der Waals surface area contributed by atoms with Crippen LogP contribution in [0.3, 0.4) is 0 Å². The highest BCUT2D eigenvalue weighted by Crippen LogP contribution is 2.29. The topological polar surface area (TPSA) is 57.9 Å². The van der Waals surface area contributed by atoms with Gasteiger partial charge in [-0.15, -0.1) is 11.3 Å². The Morgan fingerprint density at radius 3 is 2.84 bits per heavy atom. The van der Waals surface area contributed by atoms with Crippen molar-refractivity contribution >= 4 is 22.2 Å². The van der Waals surface area contributed by atoms with E-state index in [1.165, 1.54) is 4.88 Å². The van der Waals surface area contributed by atoms with E-state index >= 15 is 0 Å². The third-order valence-electron chi connectivity index (χ3n) is 2.82. The number of aromatic nitrogens is 1. The van der Waals surface area contributed by atoms with Gasteiger partial charge >= 0.3 is 0 Å². The standard InChI is InChI=1S/C14H15N3OS/c1-4-12-9(2)19-14(16-12)17-13-7-11(18-3)6-5-10(13)8-15/h5-7H,4H2,1-3H3,(H,16,17). The Morgan fingerprint density at radius 1 is 1.47 bits per heavy atom. The maximum atomic E-state index is 9.12. The van der Waals surface area contributed by atoms with Crippen LogP contribution in [0.15, 0.2) is 18.2 Å². The molecule has 2 rings (SSSR count). The van der Waals surface area contributed by atoms with Gasteiger partial charge in [0.05, 0.1) is 24.1 Å². The van der Waals surface area contributed by atoms with Crippen LogP contribution in [0.1, 0.15) is 23.1 Å². The van der Waals surface area contributed by atoms with Gasteiger partial charge in [-0.1, -0.05) is 6.92 Å². The van der Waals surface area contributed by atoms with Crippen molar-refractivity contribution in [2.75, 3.05) is 12.4 Å². The van der Waals surface area contributed by atoms with E-state index in [-0.39, 0.29) is 0 Å². The van der Waals surface area contributed by atoms with E-state index in [4.69, 9.17) is 10.00 Å². The summed E-state index contributed by atoms with van der Waals surface area (Å²) in [5.74, 6) is 0.713. The van der Waals surface area contributed by atoms with Gasteiger partial charge in [-0.2, -0.15) is 5.26 Å². The van der Waals surface area contributed by atoms with Crippen molar-refractivity contribution < 1.29 is 4.74 Å². The van der Waals surface area contributed by atoms with Crippen molar-refractivity contribution in [1.82, 2.24) is 4.98 Å². The van der Waals surface area contributed by atoms with Crippen LogP contribution in [0.4, 0.5) is 10.8 Å². The van der Waals surface area contributed by atoms with Gasteiger partial charge in [-0.25, -0.2) is 4.98 Å². The molecule has 0 atom stereocenters. The molecule has 0 radical (unpaired) electrons. The summed E-state index contributed by atoms with van der Waals surface area (Å²) >= 11 is 1.59. The lowest BCUT2D eigenvalue weighted by Gasteiger charge is -2.07. The largest absolute Gasteiger partial charge is 0.497 e. The zero-order chi connectivity index (χ0) is 13.8. The summed E-state index contributed by atoms with van der Waals surface area (Å²) in [5.41, 5.74) is 2.39. The lowest BCUT2D eigenvalue weighted by Crippen LogP contribution is -1.95. The lowest BCUT2D eigenvalue weighted by atomic mass is 10.2. The fourth-order valence-electron chi connectivity index (χ4n) is 1.78. The molecule has 1 N–H and O–H groups in total. The third-order valence-corrected chi connectivity index (χ3v) is 3.74. The predicted molar refractivity (Wildman–Crippen MR) is 77.2 cm³/mol. The monoisotopic (exact) mass is 273 g/mol. The molecule has 0 saturated heterocycles. The molecule has 19 heavy (non-hydrogen) atoms. The van der Waals surface area contributed by atoms with Crippen molar-refractivity contribution in [1.29, 1.82) is 5.26 Å². The zero-order valence-corrected chi connectivity index (χ0v) is 12.0. The smallest absolute Gasteiger partial charge is 0.187 e. The molecule has 0 amide bonds. The van der Waals surface area contributed by atoms with Gasteiger partial charge in [-0.05, 0) is 25.5 Å². The molecule has 0 aliphatic carbocycles. The molecule has 0 saturated carbocycles. The number of benzene rings is 1. The van der Waals surface area contributed by atoms with Gasteiger partial charge in [0.1, 0.15) is 11.8 Å². The SMILES string of the molecule is CCc1nc(Nc2cc(OC)ccc2C#N)sc1C. The molecule has 0 bridgehead atoms. The molecule has 1 heterocycles.